The molecule has 266 valence electrons. The molecule has 2 heterocycles. The van der Waals surface area contributed by atoms with Crippen molar-refractivity contribution in [3.8, 4) is 17.4 Å². The minimum atomic E-state index is -1.09. The highest BCUT2D eigenvalue weighted by Gasteiger charge is 2.42. The molecule has 1 aliphatic rings. The zero-order valence-corrected chi connectivity index (χ0v) is 30.5. The van der Waals surface area contributed by atoms with E-state index in [1.807, 2.05) is 133 Å². The first-order valence-electron chi connectivity index (χ1n) is 17.5. The summed E-state index contributed by atoms with van der Waals surface area (Å²) >= 11 is 7.17. The molecule has 2 atom stereocenters. The van der Waals surface area contributed by atoms with E-state index in [-0.39, 0.29) is 22.9 Å². The third-order valence-electron chi connectivity index (χ3n) is 9.57. The van der Waals surface area contributed by atoms with E-state index in [2.05, 4.69) is 11.8 Å². The fourth-order valence-corrected chi connectivity index (χ4v) is 8.07. The molecular weight excluding hydrogens is 692 g/mol. The summed E-state index contributed by atoms with van der Waals surface area (Å²) in [6.07, 6.45) is 0.353. The second-order valence-electron chi connectivity index (χ2n) is 13.0. The van der Waals surface area contributed by atoms with Crippen LogP contribution in [0.1, 0.15) is 34.1 Å². The van der Waals surface area contributed by atoms with Gasteiger partial charge in [-0.15, -0.1) is 0 Å². The number of ether oxygens (including phenoxy) is 3. The molecule has 5 aromatic carbocycles. The standard InChI is InChI=1S/C43H41ClN2O5S/c1-31(45-24-25-49-39(28-45)30-51-38-19-11-18-36(44)27-38)29-50-37-22-20-32(21-23-37)26-40-41(47)46(42(48)52-40)43(33-12-5-2-6-13-33,34-14-7-3-8-15-34)35-16-9-4-10-17-35/h2-23,27,31,39,47H,24-26,28-30H2,1H3. The lowest BCUT2D eigenvalue weighted by atomic mass is 9.76. The summed E-state index contributed by atoms with van der Waals surface area (Å²) < 4.78 is 19.7. The van der Waals surface area contributed by atoms with E-state index in [0.29, 0.717) is 36.1 Å². The van der Waals surface area contributed by atoms with E-state index in [1.165, 1.54) is 0 Å². The predicted molar refractivity (Wildman–Crippen MR) is 207 cm³/mol. The fourth-order valence-electron chi connectivity index (χ4n) is 6.94. The van der Waals surface area contributed by atoms with Crippen LogP contribution < -0.4 is 14.3 Å². The first kappa shape index (κ1) is 35.5. The Morgan fingerprint density at radius 2 is 1.44 bits per heavy atom. The number of hydrogen-bond donors (Lipinski definition) is 1. The van der Waals surface area contributed by atoms with Crippen LogP contribution in [0.5, 0.6) is 17.4 Å². The quantitative estimate of drug-likeness (QED) is 0.121. The van der Waals surface area contributed by atoms with Gasteiger partial charge in [0, 0.05) is 30.6 Å². The lowest BCUT2D eigenvalue weighted by Crippen LogP contribution is -2.50. The Bertz CT molecular complexity index is 2010. The van der Waals surface area contributed by atoms with Gasteiger partial charge in [-0.2, -0.15) is 0 Å². The summed E-state index contributed by atoms with van der Waals surface area (Å²) in [5.74, 6) is 1.45. The van der Waals surface area contributed by atoms with E-state index in [0.717, 1.165) is 58.2 Å². The number of rotatable bonds is 13. The molecule has 2 unspecified atom stereocenters. The molecule has 9 heteroatoms. The van der Waals surface area contributed by atoms with Gasteiger partial charge in [-0.1, -0.05) is 132 Å². The van der Waals surface area contributed by atoms with Crippen LogP contribution in [0.2, 0.25) is 5.02 Å². The number of aromatic hydroxyl groups is 1. The third-order valence-corrected chi connectivity index (χ3v) is 10.7. The van der Waals surface area contributed by atoms with Crippen LogP contribution in [0.4, 0.5) is 0 Å². The molecule has 1 fully saturated rings. The van der Waals surface area contributed by atoms with Crippen LogP contribution in [-0.4, -0.2) is 59.6 Å². The van der Waals surface area contributed by atoms with E-state index in [1.54, 1.807) is 10.6 Å². The summed E-state index contributed by atoms with van der Waals surface area (Å²) in [6, 6.07) is 45.2. The number of nitrogens with zero attached hydrogens (tertiary/aromatic N) is 2. The minimum Gasteiger partial charge on any atom is -0.494 e. The van der Waals surface area contributed by atoms with Crippen LogP contribution in [0.3, 0.4) is 0 Å². The summed E-state index contributed by atoms with van der Waals surface area (Å²) in [5, 5.41) is 12.6. The molecule has 0 bridgehead atoms. The van der Waals surface area contributed by atoms with Gasteiger partial charge < -0.3 is 19.3 Å². The zero-order chi connectivity index (χ0) is 35.9. The Labute approximate surface area is 313 Å². The molecule has 0 amide bonds. The summed E-state index contributed by atoms with van der Waals surface area (Å²) in [5.41, 5.74) is 2.51. The monoisotopic (exact) mass is 732 g/mol. The van der Waals surface area contributed by atoms with Gasteiger partial charge in [0.05, 0.1) is 11.5 Å². The number of aromatic nitrogens is 1. The maximum Gasteiger partial charge on any atom is 0.311 e. The van der Waals surface area contributed by atoms with Gasteiger partial charge in [-0.25, -0.2) is 0 Å². The molecule has 0 spiro atoms. The summed E-state index contributed by atoms with van der Waals surface area (Å²) in [7, 11) is 0. The number of benzene rings is 5. The number of hydrogen-bond acceptors (Lipinski definition) is 7. The van der Waals surface area contributed by atoms with Gasteiger partial charge in [0.1, 0.15) is 36.4 Å². The lowest BCUT2D eigenvalue weighted by Gasteiger charge is -2.37. The molecule has 1 aromatic heterocycles. The van der Waals surface area contributed by atoms with Crippen molar-refractivity contribution in [2.75, 3.05) is 32.9 Å². The highest BCUT2D eigenvalue weighted by atomic mass is 35.5. The van der Waals surface area contributed by atoms with Crippen molar-refractivity contribution < 1.29 is 19.3 Å². The largest absolute Gasteiger partial charge is 0.494 e. The first-order chi connectivity index (χ1) is 25.4. The van der Waals surface area contributed by atoms with E-state index in [4.69, 9.17) is 25.8 Å². The normalized spacial score (nSPS) is 15.6. The van der Waals surface area contributed by atoms with Crippen LogP contribution in [0, 0.1) is 0 Å². The highest BCUT2D eigenvalue weighted by molar-refractivity contribution is 7.09. The smallest absolute Gasteiger partial charge is 0.311 e. The van der Waals surface area contributed by atoms with E-state index < -0.39 is 5.54 Å². The van der Waals surface area contributed by atoms with Crippen molar-refractivity contribution in [2.45, 2.75) is 31.0 Å². The fraction of sp³-hybridized carbons (Fsp3) is 0.233. The number of morpholine rings is 1. The van der Waals surface area contributed by atoms with Crippen LogP contribution in [0.15, 0.2) is 144 Å². The SMILES string of the molecule is CC(COc1ccc(Cc2sc(=O)n(C(c3ccccc3)(c3ccccc3)c3ccccc3)c2O)cc1)N1CCOC(COc2cccc(Cl)c2)C1. The van der Waals surface area contributed by atoms with Gasteiger partial charge in [-0.3, -0.25) is 14.3 Å². The van der Waals surface area contributed by atoms with Crippen molar-refractivity contribution in [3.63, 3.8) is 0 Å². The second-order valence-corrected chi connectivity index (χ2v) is 14.5. The van der Waals surface area contributed by atoms with Crippen LogP contribution >= 0.6 is 22.9 Å². The van der Waals surface area contributed by atoms with Crippen molar-refractivity contribution in [1.82, 2.24) is 9.47 Å². The van der Waals surface area contributed by atoms with E-state index >= 15 is 0 Å². The molecule has 0 saturated carbocycles. The molecule has 7 nitrogen and oxygen atoms in total. The van der Waals surface area contributed by atoms with Crippen molar-refractivity contribution in [2.24, 2.45) is 0 Å². The Morgan fingerprint density at radius 3 is 2.04 bits per heavy atom. The molecular formula is C43H41ClN2O5S. The maximum absolute atomic E-state index is 14.1. The zero-order valence-electron chi connectivity index (χ0n) is 28.9. The minimum absolute atomic E-state index is 0.0394. The topological polar surface area (TPSA) is 73.2 Å². The Kier molecular flexibility index (Phi) is 11.1. The Balaban J connectivity index is 1.05. The average Bonchev–Trinajstić information content (AvgIpc) is 3.47. The maximum atomic E-state index is 14.1. The van der Waals surface area contributed by atoms with Gasteiger partial charge in [0.15, 0.2) is 0 Å². The van der Waals surface area contributed by atoms with Crippen LogP contribution in [-0.2, 0) is 16.7 Å². The number of halogens is 1. The summed E-state index contributed by atoms with van der Waals surface area (Å²) in [6.45, 7) is 5.33. The molecule has 1 N–H and O–H groups in total. The second kappa shape index (κ2) is 16.2. The number of thiazole rings is 1. The lowest BCUT2D eigenvalue weighted by molar-refractivity contribution is -0.0626. The van der Waals surface area contributed by atoms with Crippen LogP contribution in [0.25, 0.3) is 0 Å². The van der Waals surface area contributed by atoms with Gasteiger partial charge in [0.2, 0.25) is 5.88 Å². The van der Waals surface area contributed by atoms with Crippen molar-refractivity contribution in [1.29, 1.82) is 0 Å². The first-order valence-corrected chi connectivity index (χ1v) is 18.7. The Hall–Kier alpha value is -4.86. The van der Waals surface area contributed by atoms with Gasteiger partial charge in [0.25, 0.3) is 0 Å². The molecule has 52 heavy (non-hydrogen) atoms. The van der Waals surface area contributed by atoms with Gasteiger partial charge in [-0.05, 0) is 59.5 Å². The molecule has 6 aromatic rings. The summed E-state index contributed by atoms with van der Waals surface area (Å²) in [4.78, 5) is 16.8. The molecule has 7 rings (SSSR count). The molecule has 1 saturated heterocycles. The molecule has 1 aliphatic heterocycles. The molecule has 0 aliphatic carbocycles. The average molecular weight is 733 g/mol. The third kappa shape index (κ3) is 7.66. The van der Waals surface area contributed by atoms with Crippen molar-refractivity contribution in [3.05, 3.63) is 181 Å². The van der Waals surface area contributed by atoms with Crippen molar-refractivity contribution >= 4 is 22.9 Å². The Morgan fingerprint density at radius 1 is 0.827 bits per heavy atom. The predicted octanol–water partition coefficient (Wildman–Crippen LogP) is 8.25. The van der Waals surface area contributed by atoms with E-state index in [9.17, 15) is 9.90 Å². The van der Waals surface area contributed by atoms with Gasteiger partial charge >= 0.3 is 4.87 Å². The highest BCUT2D eigenvalue weighted by Crippen LogP contribution is 2.43. The molecule has 0 radical (unpaired) electrons.